The van der Waals surface area contributed by atoms with Gasteiger partial charge in [0.25, 0.3) is 11.8 Å². The Kier molecular flexibility index (Phi) is 6.67. The van der Waals surface area contributed by atoms with Crippen LogP contribution in [0.15, 0.2) is 42.5 Å². The SMILES string of the molecule is O=C(Nc1ccccc1C(=O)NCCN1CCOCC1)c1cc(F)cc(F)c1. The summed E-state index contributed by atoms with van der Waals surface area (Å²) in [6.45, 7) is 4.18. The largest absolute Gasteiger partial charge is 0.379 e. The number of halogens is 2. The summed E-state index contributed by atoms with van der Waals surface area (Å²) in [5, 5.41) is 5.37. The Morgan fingerprint density at radius 3 is 2.39 bits per heavy atom. The van der Waals surface area contributed by atoms with Gasteiger partial charge in [0.1, 0.15) is 11.6 Å². The van der Waals surface area contributed by atoms with E-state index in [0.29, 0.717) is 32.4 Å². The second-order valence-corrected chi connectivity index (χ2v) is 6.37. The molecule has 148 valence electrons. The predicted molar refractivity (Wildman–Crippen MR) is 100 cm³/mol. The van der Waals surface area contributed by atoms with Gasteiger partial charge in [-0.2, -0.15) is 0 Å². The second-order valence-electron chi connectivity index (χ2n) is 6.37. The van der Waals surface area contributed by atoms with Crippen LogP contribution in [-0.4, -0.2) is 56.1 Å². The summed E-state index contributed by atoms with van der Waals surface area (Å²) in [4.78, 5) is 27.0. The molecule has 1 aliphatic rings. The molecule has 3 rings (SSSR count). The van der Waals surface area contributed by atoms with Gasteiger partial charge >= 0.3 is 0 Å². The maximum Gasteiger partial charge on any atom is 0.255 e. The Balaban J connectivity index is 1.63. The summed E-state index contributed by atoms with van der Waals surface area (Å²) in [6.07, 6.45) is 0. The van der Waals surface area contributed by atoms with Gasteiger partial charge in [-0.15, -0.1) is 0 Å². The van der Waals surface area contributed by atoms with Gasteiger partial charge in [-0.3, -0.25) is 14.5 Å². The van der Waals surface area contributed by atoms with Crippen molar-refractivity contribution in [2.75, 3.05) is 44.7 Å². The molecule has 1 aliphatic heterocycles. The van der Waals surface area contributed by atoms with E-state index in [1.54, 1.807) is 24.3 Å². The lowest BCUT2D eigenvalue weighted by atomic mass is 10.1. The predicted octanol–water partition coefficient (Wildman–Crippen LogP) is 2.28. The highest BCUT2D eigenvalue weighted by atomic mass is 19.1. The summed E-state index contributed by atoms with van der Waals surface area (Å²) < 4.78 is 31.9. The zero-order valence-corrected chi connectivity index (χ0v) is 15.2. The van der Waals surface area contributed by atoms with E-state index in [-0.39, 0.29) is 22.7 Å². The summed E-state index contributed by atoms with van der Waals surface area (Å²) in [6, 6.07) is 9.02. The molecule has 0 aliphatic carbocycles. The fourth-order valence-corrected chi connectivity index (χ4v) is 2.92. The highest BCUT2D eigenvalue weighted by Crippen LogP contribution is 2.17. The van der Waals surface area contributed by atoms with Crippen LogP contribution in [0.5, 0.6) is 0 Å². The molecule has 1 fully saturated rings. The van der Waals surface area contributed by atoms with Crippen molar-refractivity contribution in [3.8, 4) is 0 Å². The maximum absolute atomic E-state index is 13.3. The number of nitrogens with zero attached hydrogens (tertiary/aromatic N) is 1. The van der Waals surface area contributed by atoms with Crippen LogP contribution in [-0.2, 0) is 4.74 Å². The first-order chi connectivity index (χ1) is 13.5. The lowest BCUT2D eigenvalue weighted by molar-refractivity contribution is 0.0383. The third-order valence-electron chi connectivity index (χ3n) is 4.36. The molecule has 0 radical (unpaired) electrons. The molecule has 8 heteroatoms. The Hall–Kier alpha value is -2.84. The number of carbonyl (C=O) groups is 2. The number of ether oxygens (including phenoxy) is 1. The monoisotopic (exact) mass is 389 g/mol. The molecule has 0 saturated carbocycles. The van der Waals surface area contributed by atoms with Gasteiger partial charge in [0.05, 0.1) is 24.5 Å². The molecule has 0 atom stereocenters. The number of nitrogens with one attached hydrogen (secondary N) is 2. The third kappa shape index (κ3) is 5.34. The van der Waals surface area contributed by atoms with E-state index in [4.69, 9.17) is 4.74 Å². The standard InChI is InChI=1S/C20H21F2N3O3/c21-15-11-14(12-16(22)13-15)19(26)24-18-4-2-1-3-17(18)20(27)23-5-6-25-7-9-28-10-8-25/h1-4,11-13H,5-10H2,(H,23,27)(H,24,26). The molecule has 2 aromatic rings. The number of rotatable bonds is 6. The van der Waals surface area contributed by atoms with E-state index in [1.165, 1.54) is 0 Å². The zero-order chi connectivity index (χ0) is 19.9. The van der Waals surface area contributed by atoms with Crippen molar-refractivity contribution in [1.29, 1.82) is 0 Å². The number of para-hydroxylation sites is 1. The molecule has 2 N–H and O–H groups in total. The van der Waals surface area contributed by atoms with Gasteiger partial charge in [0, 0.05) is 37.8 Å². The number of hydrogen-bond acceptors (Lipinski definition) is 4. The average Bonchev–Trinajstić information content (AvgIpc) is 2.68. The van der Waals surface area contributed by atoms with Gasteiger partial charge in [-0.05, 0) is 24.3 Å². The molecule has 2 aromatic carbocycles. The molecular weight excluding hydrogens is 368 g/mol. The molecule has 0 bridgehead atoms. The van der Waals surface area contributed by atoms with Crippen LogP contribution in [0.1, 0.15) is 20.7 Å². The van der Waals surface area contributed by atoms with E-state index < -0.39 is 17.5 Å². The van der Waals surface area contributed by atoms with Gasteiger partial charge in [0.2, 0.25) is 0 Å². The summed E-state index contributed by atoms with van der Waals surface area (Å²) in [7, 11) is 0. The Morgan fingerprint density at radius 2 is 1.68 bits per heavy atom. The first kappa shape index (κ1) is 19.9. The van der Waals surface area contributed by atoms with Crippen molar-refractivity contribution >= 4 is 17.5 Å². The van der Waals surface area contributed by atoms with Gasteiger partial charge in [0.15, 0.2) is 0 Å². The molecule has 1 heterocycles. The fourth-order valence-electron chi connectivity index (χ4n) is 2.92. The number of hydrogen-bond donors (Lipinski definition) is 2. The van der Waals surface area contributed by atoms with E-state index in [1.807, 2.05) is 0 Å². The van der Waals surface area contributed by atoms with Gasteiger partial charge < -0.3 is 15.4 Å². The van der Waals surface area contributed by atoms with Crippen molar-refractivity contribution in [3.63, 3.8) is 0 Å². The fraction of sp³-hybridized carbons (Fsp3) is 0.300. The molecule has 6 nitrogen and oxygen atoms in total. The van der Waals surface area contributed by atoms with Crippen LogP contribution in [0.2, 0.25) is 0 Å². The highest BCUT2D eigenvalue weighted by Gasteiger charge is 2.16. The minimum absolute atomic E-state index is 0.167. The quantitative estimate of drug-likeness (QED) is 0.795. The minimum Gasteiger partial charge on any atom is -0.379 e. The van der Waals surface area contributed by atoms with Crippen LogP contribution in [0.4, 0.5) is 14.5 Å². The first-order valence-corrected chi connectivity index (χ1v) is 8.98. The number of benzene rings is 2. The Labute approximate surface area is 161 Å². The Bertz CT molecular complexity index is 834. The smallest absolute Gasteiger partial charge is 0.255 e. The van der Waals surface area contributed by atoms with Gasteiger partial charge in [-0.1, -0.05) is 12.1 Å². The molecule has 28 heavy (non-hydrogen) atoms. The zero-order valence-electron chi connectivity index (χ0n) is 15.2. The van der Waals surface area contributed by atoms with Crippen molar-refractivity contribution in [1.82, 2.24) is 10.2 Å². The minimum atomic E-state index is -0.848. The number of morpholine rings is 1. The van der Waals surface area contributed by atoms with Crippen molar-refractivity contribution in [2.24, 2.45) is 0 Å². The van der Waals surface area contributed by atoms with Crippen LogP contribution in [0.3, 0.4) is 0 Å². The van der Waals surface area contributed by atoms with Crippen LogP contribution in [0.25, 0.3) is 0 Å². The normalized spacial score (nSPS) is 14.5. The third-order valence-corrected chi connectivity index (χ3v) is 4.36. The first-order valence-electron chi connectivity index (χ1n) is 8.98. The van der Waals surface area contributed by atoms with E-state index in [9.17, 15) is 18.4 Å². The molecule has 0 unspecified atom stereocenters. The molecule has 1 saturated heterocycles. The lowest BCUT2D eigenvalue weighted by Crippen LogP contribution is -2.41. The topological polar surface area (TPSA) is 70.7 Å². The molecule has 0 spiro atoms. The van der Waals surface area contributed by atoms with E-state index in [0.717, 1.165) is 25.2 Å². The van der Waals surface area contributed by atoms with Crippen molar-refractivity contribution < 1.29 is 23.1 Å². The summed E-state index contributed by atoms with van der Waals surface area (Å²) in [5.41, 5.74) is 0.371. The van der Waals surface area contributed by atoms with Crippen molar-refractivity contribution in [3.05, 3.63) is 65.2 Å². The average molecular weight is 389 g/mol. The second kappa shape index (κ2) is 9.38. The van der Waals surface area contributed by atoms with Crippen molar-refractivity contribution in [2.45, 2.75) is 0 Å². The van der Waals surface area contributed by atoms with E-state index in [2.05, 4.69) is 15.5 Å². The van der Waals surface area contributed by atoms with E-state index >= 15 is 0 Å². The highest BCUT2D eigenvalue weighted by molar-refractivity contribution is 6.09. The number of anilines is 1. The molecule has 2 amide bonds. The van der Waals surface area contributed by atoms with Gasteiger partial charge in [-0.25, -0.2) is 8.78 Å². The summed E-state index contributed by atoms with van der Waals surface area (Å²) in [5.74, 6) is -2.74. The van der Waals surface area contributed by atoms with Crippen LogP contribution in [0, 0.1) is 11.6 Å². The van der Waals surface area contributed by atoms with Crippen LogP contribution >= 0.6 is 0 Å². The Morgan fingerprint density at radius 1 is 1.00 bits per heavy atom. The number of amides is 2. The molecular formula is C20H21F2N3O3. The van der Waals surface area contributed by atoms with Crippen LogP contribution < -0.4 is 10.6 Å². The summed E-state index contributed by atoms with van der Waals surface area (Å²) >= 11 is 0. The maximum atomic E-state index is 13.3. The number of carbonyl (C=O) groups excluding carboxylic acids is 2. The molecule has 0 aromatic heterocycles. The lowest BCUT2D eigenvalue weighted by Gasteiger charge is -2.26.